The van der Waals surface area contributed by atoms with Crippen molar-refractivity contribution in [2.45, 2.75) is 68.9 Å². The van der Waals surface area contributed by atoms with Gasteiger partial charge in [0.2, 0.25) is 0 Å². The highest BCUT2D eigenvalue weighted by molar-refractivity contribution is 9.08. The number of nitrogens with zero attached hydrogens (tertiary/aromatic N) is 1. The van der Waals surface area contributed by atoms with E-state index in [1.807, 2.05) is 19.1 Å². The molecule has 1 saturated heterocycles. The summed E-state index contributed by atoms with van der Waals surface area (Å²) in [7, 11) is 0. The standard InChI is InChI=1S/C17H24BrNO2/c1-13-5-6-16(15(11-18)19-13)20-12-14-7-10-17(21-14)8-3-2-4-9-17/h5-6,14H,2-4,7-12H2,1H3. The lowest BCUT2D eigenvalue weighted by atomic mass is 9.83. The maximum Gasteiger partial charge on any atom is 0.141 e. The third-order valence-corrected chi connectivity index (χ3v) is 5.26. The highest BCUT2D eigenvalue weighted by Crippen LogP contribution is 2.42. The van der Waals surface area contributed by atoms with E-state index < -0.39 is 0 Å². The molecule has 1 unspecified atom stereocenters. The monoisotopic (exact) mass is 353 g/mol. The lowest BCUT2D eigenvalue weighted by molar-refractivity contribution is -0.0749. The third kappa shape index (κ3) is 3.59. The van der Waals surface area contributed by atoms with Gasteiger partial charge in [0.1, 0.15) is 12.4 Å². The fourth-order valence-electron chi connectivity index (χ4n) is 3.58. The van der Waals surface area contributed by atoms with E-state index in [0.29, 0.717) is 6.61 Å². The highest BCUT2D eigenvalue weighted by Gasteiger charge is 2.40. The second-order valence-corrected chi connectivity index (χ2v) is 6.93. The molecular weight excluding hydrogens is 330 g/mol. The molecule has 3 nitrogen and oxygen atoms in total. The first-order valence-electron chi connectivity index (χ1n) is 8.04. The molecule has 1 atom stereocenters. The predicted molar refractivity (Wildman–Crippen MR) is 87.0 cm³/mol. The Morgan fingerprint density at radius 3 is 2.86 bits per heavy atom. The van der Waals surface area contributed by atoms with Gasteiger partial charge in [0, 0.05) is 11.0 Å². The van der Waals surface area contributed by atoms with Crippen LogP contribution in [0.25, 0.3) is 0 Å². The Morgan fingerprint density at radius 1 is 1.29 bits per heavy atom. The molecule has 21 heavy (non-hydrogen) atoms. The van der Waals surface area contributed by atoms with Crippen LogP contribution in [0.5, 0.6) is 5.75 Å². The second-order valence-electron chi connectivity index (χ2n) is 6.36. The lowest BCUT2D eigenvalue weighted by Crippen LogP contribution is -2.33. The van der Waals surface area contributed by atoms with Crippen molar-refractivity contribution < 1.29 is 9.47 Å². The van der Waals surface area contributed by atoms with E-state index in [2.05, 4.69) is 20.9 Å². The Hall–Kier alpha value is -0.610. The highest BCUT2D eigenvalue weighted by atomic mass is 79.9. The van der Waals surface area contributed by atoms with Crippen LogP contribution in [-0.4, -0.2) is 23.3 Å². The van der Waals surface area contributed by atoms with Gasteiger partial charge in [-0.25, -0.2) is 0 Å². The summed E-state index contributed by atoms with van der Waals surface area (Å²) >= 11 is 3.48. The van der Waals surface area contributed by atoms with Crippen LogP contribution >= 0.6 is 15.9 Å². The van der Waals surface area contributed by atoms with Crippen molar-refractivity contribution in [2.24, 2.45) is 0 Å². The van der Waals surface area contributed by atoms with Gasteiger partial charge in [0.25, 0.3) is 0 Å². The first kappa shape index (κ1) is 15.3. The summed E-state index contributed by atoms with van der Waals surface area (Å²) in [6.07, 6.45) is 9.07. The molecule has 0 amide bonds. The second kappa shape index (κ2) is 6.66. The molecule has 0 aromatic carbocycles. The molecule has 116 valence electrons. The molecule has 1 aliphatic carbocycles. The van der Waals surface area contributed by atoms with Gasteiger partial charge in [-0.1, -0.05) is 35.2 Å². The largest absolute Gasteiger partial charge is 0.489 e. The van der Waals surface area contributed by atoms with E-state index >= 15 is 0 Å². The third-order valence-electron chi connectivity index (χ3n) is 4.73. The van der Waals surface area contributed by atoms with E-state index in [9.17, 15) is 0 Å². The maximum atomic E-state index is 6.35. The summed E-state index contributed by atoms with van der Waals surface area (Å²) in [5.41, 5.74) is 2.17. The van der Waals surface area contributed by atoms with Crippen molar-refractivity contribution in [3.63, 3.8) is 0 Å². The predicted octanol–water partition coefficient (Wildman–Crippen LogP) is 4.55. The van der Waals surface area contributed by atoms with E-state index in [-0.39, 0.29) is 11.7 Å². The number of ether oxygens (including phenoxy) is 2. The molecule has 1 aromatic heterocycles. The normalized spacial score (nSPS) is 24.4. The minimum absolute atomic E-state index is 0.177. The summed E-state index contributed by atoms with van der Waals surface area (Å²) < 4.78 is 12.3. The van der Waals surface area contributed by atoms with E-state index in [0.717, 1.165) is 28.9 Å². The molecule has 0 N–H and O–H groups in total. The summed E-state index contributed by atoms with van der Waals surface area (Å²) in [6.45, 7) is 2.65. The summed E-state index contributed by atoms with van der Waals surface area (Å²) in [6, 6.07) is 4.02. The zero-order valence-electron chi connectivity index (χ0n) is 12.7. The first-order chi connectivity index (χ1) is 10.2. The van der Waals surface area contributed by atoms with E-state index in [4.69, 9.17) is 9.47 Å². The van der Waals surface area contributed by atoms with Gasteiger partial charge in [-0.2, -0.15) is 0 Å². The topological polar surface area (TPSA) is 31.4 Å². The quantitative estimate of drug-likeness (QED) is 0.744. The Balaban J connectivity index is 1.56. The zero-order valence-corrected chi connectivity index (χ0v) is 14.3. The zero-order chi connectivity index (χ0) is 14.7. The van der Waals surface area contributed by atoms with Crippen LogP contribution in [0, 0.1) is 6.92 Å². The maximum absolute atomic E-state index is 6.35. The van der Waals surface area contributed by atoms with Crippen molar-refractivity contribution in [1.29, 1.82) is 0 Å². The Kier molecular flexibility index (Phi) is 4.85. The van der Waals surface area contributed by atoms with Crippen LogP contribution in [0.1, 0.15) is 56.3 Å². The van der Waals surface area contributed by atoms with E-state index in [1.54, 1.807) is 0 Å². The smallest absolute Gasteiger partial charge is 0.141 e. The van der Waals surface area contributed by atoms with Crippen molar-refractivity contribution in [1.82, 2.24) is 4.98 Å². The van der Waals surface area contributed by atoms with Gasteiger partial charge in [-0.15, -0.1) is 0 Å². The first-order valence-corrected chi connectivity index (χ1v) is 9.16. The number of hydrogen-bond acceptors (Lipinski definition) is 3. The number of hydrogen-bond donors (Lipinski definition) is 0. The van der Waals surface area contributed by atoms with Gasteiger partial charge in [-0.3, -0.25) is 4.98 Å². The molecule has 4 heteroatoms. The molecule has 1 aromatic rings. The number of alkyl halides is 1. The van der Waals surface area contributed by atoms with Crippen LogP contribution < -0.4 is 4.74 Å². The Labute approximate surface area is 135 Å². The Bertz CT molecular complexity index is 486. The van der Waals surface area contributed by atoms with Crippen LogP contribution in [0.4, 0.5) is 0 Å². The SMILES string of the molecule is Cc1ccc(OCC2CCC3(CCCCC3)O2)c(CBr)n1. The minimum Gasteiger partial charge on any atom is -0.489 e. The average Bonchev–Trinajstić information content (AvgIpc) is 2.89. The number of aromatic nitrogens is 1. The van der Waals surface area contributed by atoms with Gasteiger partial charge < -0.3 is 9.47 Å². The number of pyridine rings is 1. The molecule has 1 aliphatic heterocycles. The van der Waals surface area contributed by atoms with Gasteiger partial charge in [-0.05, 0) is 44.7 Å². The fraction of sp³-hybridized carbons (Fsp3) is 0.706. The van der Waals surface area contributed by atoms with Crippen LogP contribution in [0.15, 0.2) is 12.1 Å². The Morgan fingerprint density at radius 2 is 2.10 bits per heavy atom. The lowest BCUT2D eigenvalue weighted by Gasteiger charge is -2.33. The number of rotatable bonds is 4. The van der Waals surface area contributed by atoms with Crippen molar-refractivity contribution in [3.05, 3.63) is 23.5 Å². The summed E-state index contributed by atoms with van der Waals surface area (Å²) in [5, 5.41) is 0.722. The molecule has 3 rings (SSSR count). The summed E-state index contributed by atoms with van der Waals surface area (Å²) in [5.74, 6) is 0.880. The fourth-order valence-corrected chi connectivity index (χ4v) is 3.99. The van der Waals surface area contributed by atoms with Gasteiger partial charge in [0.05, 0.1) is 17.4 Å². The van der Waals surface area contributed by atoms with Crippen LogP contribution in [-0.2, 0) is 10.1 Å². The van der Waals surface area contributed by atoms with Crippen molar-refractivity contribution >= 4 is 15.9 Å². The molecule has 2 aliphatic rings. The average molecular weight is 354 g/mol. The molecular formula is C17H24BrNO2. The van der Waals surface area contributed by atoms with Crippen LogP contribution in [0.2, 0.25) is 0 Å². The molecule has 0 radical (unpaired) electrons. The molecule has 1 spiro atoms. The number of halogens is 1. The van der Waals surface area contributed by atoms with Crippen molar-refractivity contribution in [3.8, 4) is 5.75 Å². The van der Waals surface area contributed by atoms with Crippen molar-refractivity contribution in [2.75, 3.05) is 6.61 Å². The van der Waals surface area contributed by atoms with Crippen LogP contribution in [0.3, 0.4) is 0 Å². The summed E-state index contributed by atoms with van der Waals surface area (Å²) in [4.78, 5) is 4.51. The number of aryl methyl sites for hydroxylation is 1. The van der Waals surface area contributed by atoms with Gasteiger partial charge >= 0.3 is 0 Å². The molecule has 1 saturated carbocycles. The molecule has 2 fully saturated rings. The van der Waals surface area contributed by atoms with E-state index in [1.165, 1.54) is 38.5 Å². The molecule has 0 bridgehead atoms. The minimum atomic E-state index is 0.177. The van der Waals surface area contributed by atoms with Gasteiger partial charge in [0.15, 0.2) is 0 Å². The molecule has 2 heterocycles.